The summed E-state index contributed by atoms with van der Waals surface area (Å²) >= 11 is 6.20. The standard InChI is InChI=1S/C28H27ClF3N5O3S/c1-3-35-23-13-11-21(29)19-25(23)37(16-14-33)27(35)9-6-4-5-8-26-34(2)22-12-10-20(28(30,31)32)18-24(22)36(26)15-7-17-41(38,39)40/h4-6,8-13,18-19H,3,7,15,17,33H2,1-2H3/p+1. The van der Waals surface area contributed by atoms with Crippen molar-refractivity contribution in [3.8, 4) is 12.1 Å². The second-order valence-electron chi connectivity index (χ2n) is 9.15. The molecule has 3 aromatic rings. The first-order chi connectivity index (χ1) is 19.4. The van der Waals surface area contributed by atoms with E-state index < -0.39 is 27.6 Å². The van der Waals surface area contributed by atoms with Crippen LogP contribution in [0.3, 0.4) is 0 Å². The van der Waals surface area contributed by atoms with Crippen LogP contribution in [0.2, 0.25) is 5.02 Å². The number of benzene rings is 2. The summed E-state index contributed by atoms with van der Waals surface area (Å²) in [6.07, 6.45) is 4.31. The topological polar surface area (TPSA) is 95.7 Å². The van der Waals surface area contributed by atoms with Gasteiger partial charge in [0.15, 0.2) is 11.0 Å². The molecule has 4 rings (SSSR count). The fraction of sp³-hybridized carbons (Fsp3) is 0.250. The molecule has 0 radical (unpaired) electrons. The zero-order valence-corrected chi connectivity index (χ0v) is 23.8. The lowest BCUT2D eigenvalue weighted by Gasteiger charge is -2.19. The van der Waals surface area contributed by atoms with Gasteiger partial charge in [-0.2, -0.15) is 21.6 Å². The first kappa shape index (κ1) is 30.0. The second kappa shape index (κ2) is 11.9. The number of alkyl halides is 3. The lowest BCUT2D eigenvalue weighted by Crippen LogP contribution is -2.31. The van der Waals surface area contributed by atoms with Crippen LogP contribution in [0.25, 0.3) is 17.1 Å². The van der Waals surface area contributed by atoms with E-state index in [1.54, 1.807) is 57.5 Å². The molecule has 13 heteroatoms. The number of halogens is 4. The van der Waals surface area contributed by atoms with Gasteiger partial charge in [0, 0.05) is 42.2 Å². The van der Waals surface area contributed by atoms with Gasteiger partial charge in [-0.1, -0.05) is 29.8 Å². The molecule has 1 aliphatic heterocycles. The van der Waals surface area contributed by atoms with Crippen LogP contribution in [0.4, 0.5) is 24.5 Å². The fourth-order valence-corrected chi connectivity index (χ4v) is 5.43. The highest BCUT2D eigenvalue weighted by atomic mass is 35.5. The monoisotopic (exact) mass is 606 g/mol. The van der Waals surface area contributed by atoms with Crippen LogP contribution in [0.5, 0.6) is 0 Å². The van der Waals surface area contributed by atoms with Gasteiger partial charge in [-0.3, -0.25) is 9.45 Å². The average Bonchev–Trinajstić information content (AvgIpc) is 3.33. The fourth-order valence-electron chi connectivity index (χ4n) is 4.77. The number of imidazole rings is 1. The molecule has 0 saturated carbocycles. The minimum atomic E-state index is -4.54. The number of hydrogen-bond donors (Lipinski definition) is 2. The van der Waals surface area contributed by atoms with Gasteiger partial charge in [0.2, 0.25) is 0 Å². The van der Waals surface area contributed by atoms with Gasteiger partial charge in [0.1, 0.15) is 5.82 Å². The van der Waals surface area contributed by atoms with E-state index in [-0.39, 0.29) is 13.0 Å². The smallest absolute Gasteiger partial charge is 0.358 e. The Kier molecular flexibility index (Phi) is 8.72. The van der Waals surface area contributed by atoms with Gasteiger partial charge in [0.05, 0.1) is 36.3 Å². The molecule has 1 aliphatic rings. The number of aryl methyl sites for hydroxylation is 2. The highest BCUT2D eigenvalue weighted by Crippen LogP contribution is 2.42. The second-order valence-corrected chi connectivity index (χ2v) is 11.2. The molecule has 0 saturated heterocycles. The predicted molar refractivity (Wildman–Crippen MR) is 154 cm³/mol. The van der Waals surface area contributed by atoms with Crippen LogP contribution in [0, 0.1) is 12.1 Å². The van der Waals surface area contributed by atoms with E-state index in [2.05, 4.69) is 17.0 Å². The van der Waals surface area contributed by atoms with Gasteiger partial charge in [-0.15, -0.1) is 0 Å². The molecule has 1 aromatic heterocycles. The zero-order chi connectivity index (χ0) is 29.9. The summed E-state index contributed by atoms with van der Waals surface area (Å²) in [6.45, 7) is 2.73. The van der Waals surface area contributed by atoms with Crippen molar-refractivity contribution in [2.75, 3.05) is 22.1 Å². The van der Waals surface area contributed by atoms with E-state index in [0.29, 0.717) is 28.4 Å². The zero-order valence-electron chi connectivity index (χ0n) is 22.2. The summed E-state index contributed by atoms with van der Waals surface area (Å²) in [7, 11) is -2.51. The molecule has 2 aromatic carbocycles. The minimum Gasteiger partial charge on any atom is -0.358 e. The lowest BCUT2D eigenvalue weighted by molar-refractivity contribution is -0.647. The van der Waals surface area contributed by atoms with Crippen LogP contribution in [0.15, 0.2) is 66.5 Å². The molecular formula is C28H28ClF3N5O3S+. The van der Waals surface area contributed by atoms with Gasteiger partial charge in [0.25, 0.3) is 15.9 Å². The van der Waals surface area contributed by atoms with Crippen molar-refractivity contribution < 1.29 is 30.7 Å². The molecule has 2 heterocycles. The summed E-state index contributed by atoms with van der Waals surface area (Å²) < 4.78 is 75.2. The van der Waals surface area contributed by atoms with Crippen LogP contribution < -0.4 is 20.1 Å². The highest BCUT2D eigenvalue weighted by Gasteiger charge is 2.33. The lowest BCUT2D eigenvalue weighted by atomic mass is 10.2. The number of nitrogens with two attached hydrogens (primary N) is 1. The number of fused-ring (bicyclic) bond motifs is 2. The Bertz CT molecular complexity index is 1730. The summed E-state index contributed by atoms with van der Waals surface area (Å²) in [5, 5.41) is 0.561. The van der Waals surface area contributed by atoms with Gasteiger partial charge in [-0.25, -0.2) is 9.13 Å². The van der Waals surface area contributed by atoms with Gasteiger partial charge in [-0.05, 0) is 43.3 Å². The number of nitrogens with zero attached hydrogens (tertiary/aromatic N) is 4. The number of anilines is 2. The van der Waals surface area contributed by atoms with Crippen molar-refractivity contribution in [1.29, 1.82) is 0 Å². The van der Waals surface area contributed by atoms with E-state index in [1.165, 1.54) is 6.07 Å². The third-order valence-electron chi connectivity index (χ3n) is 6.54. The van der Waals surface area contributed by atoms with Crippen molar-refractivity contribution in [2.45, 2.75) is 26.1 Å². The number of allylic oxidation sites excluding steroid dienone is 4. The van der Waals surface area contributed by atoms with E-state index >= 15 is 0 Å². The largest absolute Gasteiger partial charge is 0.416 e. The third-order valence-corrected chi connectivity index (χ3v) is 7.58. The van der Waals surface area contributed by atoms with Crippen molar-refractivity contribution in [3.63, 3.8) is 0 Å². The molecule has 0 spiro atoms. The summed E-state index contributed by atoms with van der Waals surface area (Å²) in [6, 6.07) is 14.2. The number of rotatable bonds is 8. The molecular weight excluding hydrogens is 579 g/mol. The first-order valence-electron chi connectivity index (χ1n) is 12.5. The molecule has 0 atom stereocenters. The van der Waals surface area contributed by atoms with E-state index in [1.807, 2.05) is 19.1 Å². The highest BCUT2D eigenvalue weighted by molar-refractivity contribution is 7.85. The van der Waals surface area contributed by atoms with Crippen LogP contribution >= 0.6 is 11.6 Å². The van der Waals surface area contributed by atoms with Crippen molar-refractivity contribution >= 4 is 50.2 Å². The predicted octanol–water partition coefficient (Wildman–Crippen LogP) is 5.05. The van der Waals surface area contributed by atoms with Crippen LogP contribution in [-0.2, 0) is 29.9 Å². The Morgan fingerprint density at radius 2 is 1.88 bits per heavy atom. The maximum Gasteiger partial charge on any atom is 0.416 e. The molecule has 0 bridgehead atoms. The Morgan fingerprint density at radius 3 is 2.54 bits per heavy atom. The van der Waals surface area contributed by atoms with E-state index in [0.717, 1.165) is 29.3 Å². The van der Waals surface area contributed by atoms with E-state index in [9.17, 15) is 21.6 Å². The molecule has 0 unspecified atom stereocenters. The number of hydrogen-bond acceptors (Lipinski definition) is 5. The summed E-state index contributed by atoms with van der Waals surface area (Å²) in [5.41, 5.74) is 7.26. The third kappa shape index (κ3) is 6.53. The SMILES string of the molecule is CCN1\C(=C/C=C/C=C/c2n(CCCS(=O)(=O)O)c3cc(C(F)(F)F)ccc3[n+]2C)N(C#CN)c2cc(Cl)ccc21. The molecule has 41 heavy (non-hydrogen) atoms. The molecule has 8 nitrogen and oxygen atoms in total. The van der Waals surface area contributed by atoms with Gasteiger partial charge >= 0.3 is 6.18 Å². The average molecular weight is 607 g/mol. The van der Waals surface area contributed by atoms with E-state index in [4.69, 9.17) is 21.9 Å². The quantitative estimate of drug-likeness (QED) is 0.123. The van der Waals surface area contributed by atoms with Crippen molar-refractivity contribution in [1.82, 2.24) is 4.57 Å². The van der Waals surface area contributed by atoms with Crippen molar-refractivity contribution in [2.24, 2.45) is 12.8 Å². The maximum atomic E-state index is 13.4. The minimum absolute atomic E-state index is 0.0110. The Labute approximate surface area is 241 Å². The van der Waals surface area contributed by atoms with Gasteiger partial charge < -0.3 is 10.6 Å². The first-order valence-corrected chi connectivity index (χ1v) is 14.5. The molecule has 216 valence electrons. The Hall–Kier alpha value is -3.92. The normalized spacial score (nSPS) is 15.0. The van der Waals surface area contributed by atoms with Crippen LogP contribution in [0.1, 0.15) is 24.7 Å². The Balaban J connectivity index is 1.68. The molecule has 0 fully saturated rings. The maximum absolute atomic E-state index is 13.4. The Morgan fingerprint density at radius 1 is 1.12 bits per heavy atom. The number of aromatic nitrogens is 2. The summed E-state index contributed by atoms with van der Waals surface area (Å²) in [5.74, 6) is 0.785. The molecule has 3 N–H and O–H groups in total. The molecule has 0 aliphatic carbocycles. The molecule has 0 amide bonds. The van der Waals surface area contributed by atoms with Crippen molar-refractivity contribution in [3.05, 3.63) is 82.9 Å². The summed E-state index contributed by atoms with van der Waals surface area (Å²) in [4.78, 5) is 3.79. The van der Waals surface area contributed by atoms with Crippen LogP contribution in [-0.4, -0.2) is 29.8 Å².